The fourth-order valence-corrected chi connectivity index (χ4v) is 3.22. The van der Waals surface area contributed by atoms with E-state index in [1.807, 2.05) is 18.2 Å². The summed E-state index contributed by atoms with van der Waals surface area (Å²) in [6.45, 7) is 3.51. The number of fused-ring (bicyclic) bond motifs is 1. The molecule has 0 aliphatic carbocycles. The van der Waals surface area contributed by atoms with Crippen LogP contribution >= 0.6 is 0 Å². The number of nitrogens with zero attached hydrogens (tertiary/aromatic N) is 2. The first-order valence-corrected chi connectivity index (χ1v) is 8.16. The van der Waals surface area contributed by atoms with Crippen LogP contribution in [0.3, 0.4) is 0 Å². The molecule has 1 aromatic carbocycles. The van der Waals surface area contributed by atoms with Crippen molar-refractivity contribution in [2.45, 2.75) is 31.8 Å². The summed E-state index contributed by atoms with van der Waals surface area (Å²) >= 11 is 0. The number of amides is 1. The van der Waals surface area contributed by atoms with Crippen molar-refractivity contribution in [3.05, 3.63) is 24.3 Å². The second-order valence-corrected chi connectivity index (χ2v) is 6.06. The molecule has 2 heterocycles. The zero-order chi connectivity index (χ0) is 16.2. The molecule has 1 amide bonds. The van der Waals surface area contributed by atoms with Gasteiger partial charge in [0.1, 0.15) is 5.75 Å². The van der Waals surface area contributed by atoms with Gasteiger partial charge in [0.2, 0.25) is 0 Å². The van der Waals surface area contributed by atoms with Gasteiger partial charge in [-0.25, -0.2) is 0 Å². The third kappa shape index (κ3) is 3.64. The summed E-state index contributed by atoms with van der Waals surface area (Å²) in [6.07, 6.45) is 2.43. The van der Waals surface area contributed by atoms with Crippen LogP contribution in [0.4, 0.5) is 5.69 Å². The fourth-order valence-electron chi connectivity index (χ4n) is 3.22. The van der Waals surface area contributed by atoms with E-state index in [1.165, 1.54) is 19.3 Å². The lowest BCUT2D eigenvalue weighted by molar-refractivity contribution is -0.142. The van der Waals surface area contributed by atoms with Crippen LogP contribution < -0.4 is 9.64 Å². The maximum absolute atomic E-state index is 12.6. The molecule has 0 radical (unpaired) electrons. The minimum Gasteiger partial charge on any atom is -0.481 e. The molecule has 0 bridgehead atoms. The number of aliphatic carboxylic acids is 1. The summed E-state index contributed by atoms with van der Waals surface area (Å²) < 4.78 is 5.59. The average molecular weight is 318 g/mol. The minimum absolute atomic E-state index is 0.261. The van der Waals surface area contributed by atoms with Crippen LogP contribution in [-0.2, 0) is 9.59 Å². The van der Waals surface area contributed by atoms with Crippen LogP contribution in [0.5, 0.6) is 5.75 Å². The van der Waals surface area contributed by atoms with E-state index in [-0.39, 0.29) is 12.3 Å². The van der Waals surface area contributed by atoms with E-state index in [9.17, 15) is 9.59 Å². The zero-order valence-electron chi connectivity index (χ0n) is 13.1. The average Bonchev–Trinajstić information content (AvgIpc) is 2.55. The van der Waals surface area contributed by atoms with E-state index < -0.39 is 12.1 Å². The van der Waals surface area contributed by atoms with Crippen molar-refractivity contribution in [1.29, 1.82) is 0 Å². The Hall–Kier alpha value is -2.08. The van der Waals surface area contributed by atoms with Gasteiger partial charge in [-0.05, 0) is 38.1 Å². The maximum atomic E-state index is 12.6. The molecule has 1 saturated heterocycles. The minimum atomic E-state index is -1.03. The van der Waals surface area contributed by atoms with Crippen molar-refractivity contribution in [2.75, 3.05) is 31.1 Å². The first-order chi connectivity index (χ1) is 11.1. The highest BCUT2D eigenvalue weighted by atomic mass is 16.5. The number of carbonyl (C=O) groups is 2. The third-order valence-electron chi connectivity index (χ3n) is 4.42. The Kier molecular flexibility index (Phi) is 4.81. The summed E-state index contributed by atoms with van der Waals surface area (Å²) in [6, 6.07) is 7.32. The molecule has 3 rings (SSSR count). The van der Waals surface area contributed by atoms with Crippen molar-refractivity contribution in [3.63, 3.8) is 0 Å². The van der Waals surface area contributed by atoms with Gasteiger partial charge in [0.15, 0.2) is 6.10 Å². The number of anilines is 1. The van der Waals surface area contributed by atoms with Gasteiger partial charge in [-0.2, -0.15) is 0 Å². The standard InChI is InChI=1S/C17H22N2O4/c20-16(21)12-15-17(22)19(11-10-18-8-4-1-5-9-18)13-6-2-3-7-14(13)23-15/h2-3,6-7,15H,1,4-5,8-12H2,(H,20,21). The zero-order valence-corrected chi connectivity index (χ0v) is 13.1. The number of ether oxygens (including phenoxy) is 1. The first-order valence-electron chi connectivity index (χ1n) is 8.16. The fraction of sp³-hybridized carbons (Fsp3) is 0.529. The van der Waals surface area contributed by atoms with Crippen molar-refractivity contribution in [1.82, 2.24) is 4.90 Å². The molecule has 0 saturated carbocycles. The quantitative estimate of drug-likeness (QED) is 0.895. The Balaban J connectivity index is 1.75. The van der Waals surface area contributed by atoms with Crippen LogP contribution in [0.25, 0.3) is 0 Å². The van der Waals surface area contributed by atoms with E-state index >= 15 is 0 Å². The van der Waals surface area contributed by atoms with E-state index in [4.69, 9.17) is 9.84 Å². The van der Waals surface area contributed by atoms with Gasteiger partial charge >= 0.3 is 5.97 Å². The second kappa shape index (κ2) is 7.00. The Labute approximate surface area is 135 Å². The summed E-state index contributed by atoms with van der Waals surface area (Å²) in [5.74, 6) is -0.709. The number of para-hydroxylation sites is 2. The van der Waals surface area contributed by atoms with E-state index in [0.717, 1.165) is 25.3 Å². The Morgan fingerprint density at radius 3 is 2.65 bits per heavy atom. The number of hydrogen-bond donors (Lipinski definition) is 1. The van der Waals surface area contributed by atoms with E-state index in [0.29, 0.717) is 12.3 Å². The smallest absolute Gasteiger partial charge is 0.307 e. The molecule has 1 unspecified atom stereocenters. The molecule has 1 aromatic rings. The Morgan fingerprint density at radius 2 is 1.91 bits per heavy atom. The van der Waals surface area contributed by atoms with Gasteiger partial charge in [0.25, 0.3) is 5.91 Å². The molecule has 0 spiro atoms. The van der Waals surface area contributed by atoms with Gasteiger partial charge in [0.05, 0.1) is 12.1 Å². The molecular formula is C17H22N2O4. The number of rotatable bonds is 5. The lowest BCUT2D eigenvalue weighted by Gasteiger charge is -2.35. The largest absolute Gasteiger partial charge is 0.481 e. The highest BCUT2D eigenvalue weighted by molar-refractivity contribution is 6.01. The molecule has 6 heteroatoms. The Morgan fingerprint density at radius 1 is 1.17 bits per heavy atom. The van der Waals surface area contributed by atoms with Crippen LogP contribution in [-0.4, -0.2) is 54.2 Å². The number of benzene rings is 1. The van der Waals surface area contributed by atoms with E-state index in [2.05, 4.69) is 4.90 Å². The maximum Gasteiger partial charge on any atom is 0.307 e. The van der Waals surface area contributed by atoms with Crippen molar-refractivity contribution in [2.24, 2.45) is 0 Å². The van der Waals surface area contributed by atoms with Crippen LogP contribution in [0.2, 0.25) is 0 Å². The summed E-state index contributed by atoms with van der Waals surface area (Å²) in [4.78, 5) is 27.6. The molecule has 124 valence electrons. The number of carboxylic acid groups (broad SMARTS) is 1. The Bertz CT molecular complexity index is 584. The molecule has 1 atom stereocenters. The SMILES string of the molecule is O=C(O)CC1Oc2ccccc2N(CCN2CCCCC2)C1=O. The van der Waals surface area contributed by atoms with Crippen LogP contribution in [0, 0.1) is 0 Å². The predicted molar refractivity (Wildman–Crippen MR) is 85.8 cm³/mol. The molecule has 1 N–H and O–H groups in total. The highest BCUT2D eigenvalue weighted by Crippen LogP contribution is 2.34. The topological polar surface area (TPSA) is 70.1 Å². The molecule has 6 nitrogen and oxygen atoms in total. The molecular weight excluding hydrogens is 296 g/mol. The van der Waals surface area contributed by atoms with Crippen molar-refractivity contribution < 1.29 is 19.4 Å². The lowest BCUT2D eigenvalue weighted by atomic mass is 10.1. The van der Waals surface area contributed by atoms with E-state index in [1.54, 1.807) is 11.0 Å². The van der Waals surface area contributed by atoms with Crippen LogP contribution in [0.15, 0.2) is 24.3 Å². The van der Waals surface area contributed by atoms with Crippen molar-refractivity contribution >= 4 is 17.6 Å². The highest BCUT2D eigenvalue weighted by Gasteiger charge is 2.35. The van der Waals surface area contributed by atoms with Crippen LogP contribution in [0.1, 0.15) is 25.7 Å². The summed E-state index contributed by atoms with van der Waals surface area (Å²) in [7, 11) is 0. The lowest BCUT2D eigenvalue weighted by Crippen LogP contribution is -2.49. The molecule has 2 aliphatic rings. The molecule has 2 aliphatic heterocycles. The number of likely N-dealkylation sites (tertiary alicyclic amines) is 1. The number of hydrogen-bond acceptors (Lipinski definition) is 4. The number of carbonyl (C=O) groups excluding carboxylic acids is 1. The molecule has 23 heavy (non-hydrogen) atoms. The normalized spacial score (nSPS) is 21.7. The third-order valence-corrected chi connectivity index (χ3v) is 4.42. The van der Waals surface area contributed by atoms with Crippen molar-refractivity contribution in [3.8, 4) is 5.75 Å². The van der Waals surface area contributed by atoms with Gasteiger partial charge < -0.3 is 19.6 Å². The summed E-state index contributed by atoms with van der Waals surface area (Å²) in [5, 5.41) is 8.99. The van der Waals surface area contributed by atoms with Gasteiger partial charge in [-0.3, -0.25) is 9.59 Å². The predicted octanol–water partition coefficient (Wildman–Crippen LogP) is 1.74. The first kappa shape index (κ1) is 15.8. The second-order valence-electron chi connectivity index (χ2n) is 6.06. The van der Waals surface area contributed by atoms with Gasteiger partial charge in [-0.1, -0.05) is 18.6 Å². The number of piperidine rings is 1. The summed E-state index contributed by atoms with van der Waals surface area (Å²) in [5.41, 5.74) is 0.733. The molecule has 1 fully saturated rings. The monoisotopic (exact) mass is 318 g/mol. The molecule has 0 aromatic heterocycles. The van der Waals surface area contributed by atoms with Gasteiger partial charge in [0, 0.05) is 13.1 Å². The number of carboxylic acids is 1. The van der Waals surface area contributed by atoms with Gasteiger partial charge in [-0.15, -0.1) is 0 Å².